The first-order valence-electron chi connectivity index (χ1n) is 2.98. The molecule has 1 N–H and O–H groups in total. The Morgan fingerprint density at radius 2 is 2.36 bits per heavy atom. The highest BCUT2D eigenvalue weighted by atomic mass is 16.5. The second kappa shape index (κ2) is 5.34. The van der Waals surface area contributed by atoms with Crippen LogP contribution in [0.4, 0.5) is 0 Å². The molecule has 0 aromatic heterocycles. The van der Waals surface area contributed by atoms with Crippen LogP contribution < -0.4 is 0 Å². The highest BCUT2D eigenvalue weighted by Crippen LogP contribution is 2.02. The second-order valence-electron chi connectivity index (χ2n) is 1.78. The van der Waals surface area contributed by atoms with Crippen LogP contribution in [0, 0.1) is 5.53 Å². The van der Waals surface area contributed by atoms with Crippen molar-refractivity contribution in [2.75, 3.05) is 13.7 Å². The smallest absolute Gasteiger partial charge is 0.121 e. The first-order valence-corrected chi connectivity index (χ1v) is 2.98. The Morgan fingerprint density at radius 1 is 1.73 bits per heavy atom. The van der Waals surface area contributed by atoms with Gasteiger partial charge in [0.05, 0.1) is 12.8 Å². The highest BCUT2D eigenvalue weighted by Gasteiger charge is 1.93. The van der Waals surface area contributed by atoms with E-state index in [1.54, 1.807) is 6.08 Å². The topological polar surface area (TPSA) is 57.8 Å². The second-order valence-corrected chi connectivity index (χ2v) is 1.78. The Morgan fingerprint density at radius 3 is 2.73 bits per heavy atom. The third-order valence-electron chi connectivity index (χ3n) is 1.03. The third kappa shape index (κ3) is 4.02. The number of ether oxygens (including phenoxy) is 1. The van der Waals surface area contributed by atoms with Crippen LogP contribution in [0.25, 0.3) is 0 Å². The van der Waals surface area contributed by atoms with Crippen LogP contribution in [0.3, 0.4) is 0 Å². The number of methoxy groups -OCH3 is 1. The molecular weight excluding hydrogens is 142 g/mol. The van der Waals surface area contributed by atoms with Crippen LogP contribution in [-0.4, -0.2) is 20.4 Å². The van der Waals surface area contributed by atoms with E-state index in [1.165, 1.54) is 7.11 Å². The fraction of sp³-hybridized carbons (Fsp3) is 0.286. The number of nitrogens with one attached hydrogen (secondary N) is 1. The van der Waals surface area contributed by atoms with E-state index in [9.17, 15) is 0 Å². The molecule has 0 bridgehead atoms. The average Bonchev–Trinajstić information content (AvgIpc) is 2.03. The lowest BCUT2D eigenvalue weighted by atomic mass is 10.4. The van der Waals surface area contributed by atoms with Crippen LogP contribution in [0.1, 0.15) is 0 Å². The van der Waals surface area contributed by atoms with E-state index in [1.807, 2.05) is 0 Å². The van der Waals surface area contributed by atoms with Gasteiger partial charge in [-0.2, -0.15) is 5.11 Å². The van der Waals surface area contributed by atoms with Crippen LogP contribution in [0.5, 0.6) is 0 Å². The standard InChI is InChI=1S/C7H11N3O/c1-6(9-2)4-7(11-3)5-10-8/h4,8H,1-2,5H2,3H3/b7-4-,10-8?. The van der Waals surface area contributed by atoms with E-state index >= 15 is 0 Å². The quantitative estimate of drug-likeness (QED) is 0.278. The van der Waals surface area contributed by atoms with Gasteiger partial charge in [0, 0.05) is 6.08 Å². The Kier molecular flexibility index (Phi) is 4.64. The van der Waals surface area contributed by atoms with Gasteiger partial charge in [-0.15, -0.1) is 0 Å². The normalized spacial score (nSPS) is 10.5. The fourth-order valence-corrected chi connectivity index (χ4v) is 0.479. The van der Waals surface area contributed by atoms with Gasteiger partial charge >= 0.3 is 0 Å². The van der Waals surface area contributed by atoms with Crippen LogP contribution in [0.15, 0.2) is 34.2 Å². The molecule has 0 aliphatic heterocycles. The molecule has 0 fully saturated rings. The average molecular weight is 153 g/mol. The number of hydrogen-bond acceptors (Lipinski definition) is 4. The lowest BCUT2D eigenvalue weighted by Crippen LogP contribution is -1.90. The van der Waals surface area contributed by atoms with Gasteiger partial charge in [-0.05, 0) is 6.72 Å². The van der Waals surface area contributed by atoms with Crippen molar-refractivity contribution in [2.45, 2.75) is 0 Å². The molecule has 0 aliphatic carbocycles. The molecule has 0 rings (SSSR count). The largest absolute Gasteiger partial charge is 0.499 e. The van der Waals surface area contributed by atoms with Gasteiger partial charge < -0.3 is 4.74 Å². The van der Waals surface area contributed by atoms with Gasteiger partial charge in [0.2, 0.25) is 0 Å². The van der Waals surface area contributed by atoms with Crippen molar-refractivity contribution in [1.82, 2.24) is 0 Å². The summed E-state index contributed by atoms with van der Waals surface area (Å²) in [6.07, 6.45) is 1.59. The van der Waals surface area contributed by atoms with E-state index in [0.29, 0.717) is 11.5 Å². The first kappa shape index (κ1) is 9.55. The summed E-state index contributed by atoms with van der Waals surface area (Å²) >= 11 is 0. The summed E-state index contributed by atoms with van der Waals surface area (Å²) in [6, 6.07) is 0. The summed E-state index contributed by atoms with van der Waals surface area (Å²) in [5, 5.41) is 3.15. The molecule has 0 aromatic rings. The van der Waals surface area contributed by atoms with Crippen molar-refractivity contribution in [3.8, 4) is 0 Å². The van der Waals surface area contributed by atoms with Gasteiger partial charge in [0.25, 0.3) is 0 Å². The molecule has 11 heavy (non-hydrogen) atoms. The van der Waals surface area contributed by atoms with E-state index in [2.05, 4.69) is 23.4 Å². The Labute approximate surface area is 65.8 Å². The maximum Gasteiger partial charge on any atom is 0.121 e. The summed E-state index contributed by atoms with van der Waals surface area (Å²) in [7, 11) is 1.51. The zero-order valence-corrected chi connectivity index (χ0v) is 6.50. The number of allylic oxidation sites excluding steroid dienone is 1. The molecule has 0 aliphatic rings. The summed E-state index contributed by atoms with van der Waals surface area (Å²) < 4.78 is 4.86. The molecule has 0 spiro atoms. The molecule has 0 aromatic carbocycles. The fourth-order valence-electron chi connectivity index (χ4n) is 0.479. The van der Waals surface area contributed by atoms with Gasteiger partial charge in [-0.1, -0.05) is 6.58 Å². The molecule has 0 radical (unpaired) electrons. The monoisotopic (exact) mass is 153 g/mol. The van der Waals surface area contributed by atoms with Gasteiger partial charge in [0.15, 0.2) is 0 Å². The van der Waals surface area contributed by atoms with Crippen molar-refractivity contribution in [3.05, 3.63) is 24.1 Å². The van der Waals surface area contributed by atoms with E-state index < -0.39 is 0 Å². The third-order valence-corrected chi connectivity index (χ3v) is 1.03. The van der Waals surface area contributed by atoms with E-state index in [0.717, 1.165) is 0 Å². The van der Waals surface area contributed by atoms with E-state index in [-0.39, 0.29) is 6.54 Å². The van der Waals surface area contributed by atoms with Crippen molar-refractivity contribution >= 4 is 6.72 Å². The molecule has 0 heterocycles. The first-order chi connectivity index (χ1) is 5.24. The zero-order chi connectivity index (χ0) is 8.69. The molecule has 0 saturated heterocycles. The lowest BCUT2D eigenvalue weighted by molar-refractivity contribution is 0.285. The summed E-state index contributed by atoms with van der Waals surface area (Å²) in [5.74, 6) is 0.553. The van der Waals surface area contributed by atoms with E-state index in [4.69, 9.17) is 10.3 Å². The number of rotatable bonds is 5. The molecule has 4 nitrogen and oxygen atoms in total. The minimum Gasteiger partial charge on any atom is -0.499 e. The molecule has 4 heteroatoms. The van der Waals surface area contributed by atoms with Crippen molar-refractivity contribution in [3.63, 3.8) is 0 Å². The molecule has 0 saturated carbocycles. The molecular formula is C7H11N3O. The molecule has 60 valence electrons. The van der Waals surface area contributed by atoms with Crippen molar-refractivity contribution in [1.29, 1.82) is 5.53 Å². The minimum atomic E-state index is 0.213. The number of aliphatic imine (C=N–C) groups is 1. The Balaban J connectivity index is 4.20. The van der Waals surface area contributed by atoms with Crippen molar-refractivity contribution in [2.24, 2.45) is 10.1 Å². The predicted octanol–water partition coefficient (Wildman–Crippen LogP) is 1.76. The maximum atomic E-state index is 6.57. The molecule has 0 atom stereocenters. The van der Waals surface area contributed by atoms with Crippen LogP contribution in [-0.2, 0) is 4.74 Å². The minimum absolute atomic E-state index is 0.213. The lowest BCUT2D eigenvalue weighted by Gasteiger charge is -2.00. The Hall–Kier alpha value is -1.45. The Bertz CT molecular complexity index is 196. The zero-order valence-electron chi connectivity index (χ0n) is 6.50. The summed E-state index contributed by atoms with van der Waals surface area (Å²) in [6.45, 7) is 7.05. The van der Waals surface area contributed by atoms with Gasteiger partial charge in [0.1, 0.15) is 12.3 Å². The van der Waals surface area contributed by atoms with Gasteiger partial charge in [-0.25, -0.2) is 5.53 Å². The maximum absolute atomic E-state index is 6.57. The summed E-state index contributed by atoms with van der Waals surface area (Å²) in [5.41, 5.74) is 7.07. The molecule has 0 amide bonds. The van der Waals surface area contributed by atoms with Crippen LogP contribution in [0.2, 0.25) is 0 Å². The number of hydrogen-bond donors (Lipinski definition) is 1. The molecule has 0 unspecified atom stereocenters. The summed E-state index contributed by atoms with van der Waals surface area (Å²) in [4.78, 5) is 3.55. The number of nitrogens with zero attached hydrogens (tertiary/aromatic N) is 2. The SMILES string of the molecule is C=NC(=C)/C=C(/CN=N)OC. The van der Waals surface area contributed by atoms with Crippen LogP contribution >= 0.6 is 0 Å². The van der Waals surface area contributed by atoms with Gasteiger partial charge in [-0.3, -0.25) is 4.99 Å². The predicted molar refractivity (Wildman–Crippen MR) is 43.8 cm³/mol. The highest BCUT2D eigenvalue weighted by molar-refractivity contribution is 5.32. The van der Waals surface area contributed by atoms with Crippen molar-refractivity contribution < 1.29 is 4.74 Å².